The number of nitrogens with one attached hydrogen (secondary N) is 1. The summed E-state index contributed by atoms with van der Waals surface area (Å²) in [5.41, 5.74) is 2.69. The Balaban J connectivity index is 2.00. The number of para-hydroxylation sites is 2. The van der Waals surface area contributed by atoms with Crippen molar-refractivity contribution in [2.24, 2.45) is 0 Å². The number of benzene rings is 2. The van der Waals surface area contributed by atoms with Crippen LogP contribution in [0.1, 0.15) is 13.8 Å². The molecule has 2 heterocycles. The molecule has 5 nitrogen and oxygen atoms in total. The molecule has 0 aliphatic heterocycles. The van der Waals surface area contributed by atoms with E-state index < -0.39 is 0 Å². The lowest BCUT2D eigenvalue weighted by atomic mass is 10.2. The van der Waals surface area contributed by atoms with Gasteiger partial charge in [-0.15, -0.1) is 0 Å². The fourth-order valence-electron chi connectivity index (χ4n) is 3.54. The lowest BCUT2D eigenvalue weighted by Gasteiger charge is -2.22. The quantitative estimate of drug-likeness (QED) is 0.510. The first-order chi connectivity index (χ1) is 14.2. The van der Waals surface area contributed by atoms with Gasteiger partial charge in [-0.05, 0) is 38.1 Å². The molecule has 0 saturated heterocycles. The molecular weight excluding hydrogens is 360 g/mol. The van der Waals surface area contributed by atoms with Gasteiger partial charge in [-0.1, -0.05) is 36.4 Å². The minimum atomic E-state index is -0.0517. The van der Waals surface area contributed by atoms with Gasteiger partial charge in [0, 0.05) is 42.8 Å². The van der Waals surface area contributed by atoms with Crippen molar-refractivity contribution in [3.63, 3.8) is 0 Å². The highest BCUT2D eigenvalue weighted by atomic mass is 16.1. The molecule has 0 amide bonds. The molecule has 4 rings (SSSR count). The monoisotopic (exact) mass is 384 g/mol. The molecule has 0 spiro atoms. The van der Waals surface area contributed by atoms with Gasteiger partial charge in [0.25, 0.3) is 0 Å². The largest absolute Gasteiger partial charge is 0.357 e. The van der Waals surface area contributed by atoms with Crippen LogP contribution < -0.4 is 15.6 Å². The van der Waals surface area contributed by atoms with Crippen molar-refractivity contribution in [1.82, 2.24) is 9.55 Å². The molecule has 0 bridgehead atoms. The minimum Gasteiger partial charge on any atom is -0.357 e. The van der Waals surface area contributed by atoms with E-state index in [0.717, 1.165) is 41.6 Å². The first kappa shape index (κ1) is 18.7. The van der Waals surface area contributed by atoms with Gasteiger partial charge in [0.15, 0.2) is 5.43 Å². The Morgan fingerprint density at radius 2 is 1.59 bits per heavy atom. The molecular formula is C24H24N4O. The molecule has 4 aromatic rings. The Morgan fingerprint density at radius 1 is 0.931 bits per heavy atom. The molecule has 2 aromatic carbocycles. The molecule has 5 heteroatoms. The minimum absolute atomic E-state index is 0.0517. The van der Waals surface area contributed by atoms with Crippen LogP contribution in [0.4, 0.5) is 17.3 Å². The van der Waals surface area contributed by atoms with E-state index >= 15 is 0 Å². The van der Waals surface area contributed by atoms with Gasteiger partial charge >= 0.3 is 0 Å². The third kappa shape index (κ3) is 3.72. The molecule has 0 saturated carbocycles. The van der Waals surface area contributed by atoms with E-state index in [2.05, 4.69) is 33.6 Å². The normalized spacial score (nSPS) is 10.8. The van der Waals surface area contributed by atoms with Crippen molar-refractivity contribution in [1.29, 1.82) is 0 Å². The molecule has 0 atom stereocenters. The number of pyridine rings is 2. The zero-order valence-electron chi connectivity index (χ0n) is 16.7. The van der Waals surface area contributed by atoms with Crippen LogP contribution >= 0.6 is 0 Å². The lowest BCUT2D eigenvalue weighted by molar-refractivity contribution is 0.847. The van der Waals surface area contributed by atoms with Crippen molar-refractivity contribution in [2.75, 3.05) is 23.3 Å². The maximum atomic E-state index is 12.9. The Morgan fingerprint density at radius 3 is 2.24 bits per heavy atom. The van der Waals surface area contributed by atoms with Gasteiger partial charge in [-0.3, -0.25) is 9.36 Å². The van der Waals surface area contributed by atoms with Crippen LogP contribution in [-0.4, -0.2) is 22.6 Å². The van der Waals surface area contributed by atoms with Crippen LogP contribution in [0.3, 0.4) is 0 Å². The summed E-state index contributed by atoms with van der Waals surface area (Å²) >= 11 is 0. The Kier molecular flexibility index (Phi) is 5.29. The van der Waals surface area contributed by atoms with E-state index in [1.165, 1.54) is 0 Å². The van der Waals surface area contributed by atoms with Gasteiger partial charge in [0.05, 0.1) is 10.9 Å². The number of hydrogen-bond acceptors (Lipinski definition) is 4. The summed E-state index contributed by atoms with van der Waals surface area (Å²) in [4.78, 5) is 19.6. The van der Waals surface area contributed by atoms with E-state index in [9.17, 15) is 4.79 Å². The van der Waals surface area contributed by atoms with E-state index in [1.807, 2.05) is 66.7 Å². The predicted octanol–water partition coefficient (Wildman–Crippen LogP) is 4.98. The van der Waals surface area contributed by atoms with Crippen molar-refractivity contribution in [2.45, 2.75) is 13.8 Å². The third-order valence-corrected chi connectivity index (χ3v) is 5.03. The first-order valence-electron chi connectivity index (χ1n) is 9.89. The summed E-state index contributed by atoms with van der Waals surface area (Å²) < 4.78 is 2.08. The molecule has 0 aliphatic rings. The summed E-state index contributed by atoms with van der Waals surface area (Å²) in [6.45, 7) is 5.92. The SMILES string of the molecule is CCN(CC)c1cc2c(cn1)c(=O)cc(Nc1ccccc1)n2-c1ccccc1. The Bertz CT molecular complexity index is 1170. The average molecular weight is 384 g/mol. The fraction of sp³-hybridized carbons (Fsp3) is 0.167. The first-order valence-corrected chi connectivity index (χ1v) is 9.89. The van der Waals surface area contributed by atoms with Gasteiger partial charge in [0.2, 0.25) is 0 Å². The highest BCUT2D eigenvalue weighted by molar-refractivity contribution is 5.85. The van der Waals surface area contributed by atoms with Crippen LogP contribution in [0.5, 0.6) is 0 Å². The van der Waals surface area contributed by atoms with Crippen LogP contribution in [-0.2, 0) is 0 Å². The summed E-state index contributed by atoms with van der Waals surface area (Å²) in [5.74, 6) is 1.58. The molecule has 1 N–H and O–H groups in total. The lowest BCUT2D eigenvalue weighted by Crippen LogP contribution is -2.23. The maximum absolute atomic E-state index is 12.9. The Hall–Kier alpha value is -3.60. The molecule has 146 valence electrons. The van der Waals surface area contributed by atoms with Crippen LogP contribution in [0.25, 0.3) is 16.6 Å². The second-order valence-corrected chi connectivity index (χ2v) is 6.79. The maximum Gasteiger partial charge on any atom is 0.193 e. The summed E-state index contributed by atoms with van der Waals surface area (Å²) in [6, 6.07) is 23.6. The van der Waals surface area contributed by atoms with E-state index in [0.29, 0.717) is 5.39 Å². The third-order valence-electron chi connectivity index (χ3n) is 5.03. The van der Waals surface area contributed by atoms with Gasteiger partial charge < -0.3 is 10.2 Å². The topological polar surface area (TPSA) is 50.2 Å². The summed E-state index contributed by atoms with van der Waals surface area (Å²) in [5, 5.41) is 4.01. The van der Waals surface area contributed by atoms with Crippen LogP contribution in [0.2, 0.25) is 0 Å². The molecule has 0 fully saturated rings. The molecule has 0 aliphatic carbocycles. The molecule has 0 unspecified atom stereocenters. The van der Waals surface area contributed by atoms with Crippen molar-refractivity contribution in [3.05, 3.63) is 89.2 Å². The highest BCUT2D eigenvalue weighted by Crippen LogP contribution is 2.27. The summed E-state index contributed by atoms with van der Waals surface area (Å²) in [7, 11) is 0. The zero-order valence-corrected chi connectivity index (χ0v) is 16.7. The van der Waals surface area contributed by atoms with E-state index in [4.69, 9.17) is 0 Å². The van der Waals surface area contributed by atoms with Gasteiger partial charge in [0.1, 0.15) is 11.6 Å². The number of aromatic nitrogens is 2. The average Bonchev–Trinajstić information content (AvgIpc) is 2.76. The van der Waals surface area contributed by atoms with Gasteiger partial charge in [-0.2, -0.15) is 0 Å². The van der Waals surface area contributed by atoms with E-state index in [1.54, 1.807) is 12.3 Å². The number of rotatable bonds is 6. The van der Waals surface area contributed by atoms with E-state index in [-0.39, 0.29) is 5.43 Å². The number of anilines is 3. The zero-order chi connectivity index (χ0) is 20.2. The van der Waals surface area contributed by atoms with Crippen molar-refractivity contribution < 1.29 is 0 Å². The van der Waals surface area contributed by atoms with Crippen molar-refractivity contribution >= 4 is 28.2 Å². The fourth-order valence-corrected chi connectivity index (χ4v) is 3.54. The highest BCUT2D eigenvalue weighted by Gasteiger charge is 2.14. The van der Waals surface area contributed by atoms with Crippen LogP contribution in [0.15, 0.2) is 83.8 Å². The number of fused-ring (bicyclic) bond motifs is 1. The molecule has 0 radical (unpaired) electrons. The standard InChI is InChI=1S/C24H24N4O/c1-3-27(4-2)23-15-21-20(17-25-23)22(29)16-24(26-18-11-7-5-8-12-18)28(21)19-13-9-6-10-14-19/h5-17,26H,3-4H2,1-2H3. The second-order valence-electron chi connectivity index (χ2n) is 6.79. The molecule has 2 aromatic heterocycles. The second kappa shape index (κ2) is 8.19. The van der Waals surface area contributed by atoms with Crippen molar-refractivity contribution in [3.8, 4) is 5.69 Å². The number of nitrogens with zero attached hydrogens (tertiary/aromatic N) is 3. The Labute approximate surface area is 170 Å². The summed E-state index contributed by atoms with van der Waals surface area (Å²) in [6.07, 6.45) is 1.69. The van der Waals surface area contributed by atoms with Gasteiger partial charge in [-0.25, -0.2) is 4.98 Å². The predicted molar refractivity (Wildman–Crippen MR) is 121 cm³/mol. The molecule has 29 heavy (non-hydrogen) atoms. The number of hydrogen-bond donors (Lipinski definition) is 1. The smallest absolute Gasteiger partial charge is 0.193 e. The van der Waals surface area contributed by atoms with Crippen LogP contribution in [0, 0.1) is 0 Å².